The Morgan fingerprint density at radius 3 is 2.93 bits per heavy atom. The molecule has 4 rings (SSSR count). The van der Waals surface area contributed by atoms with E-state index < -0.39 is 17.2 Å². The first-order valence-corrected chi connectivity index (χ1v) is 10.4. The lowest BCUT2D eigenvalue weighted by Gasteiger charge is -2.29. The van der Waals surface area contributed by atoms with E-state index in [0.717, 1.165) is 13.0 Å². The van der Waals surface area contributed by atoms with Gasteiger partial charge in [-0.05, 0) is 13.3 Å². The number of carbonyl (C=O) groups excluding carboxylic acids is 1. The van der Waals surface area contributed by atoms with Gasteiger partial charge in [0.05, 0.1) is 51.8 Å². The summed E-state index contributed by atoms with van der Waals surface area (Å²) in [6, 6.07) is -0.166. The molecule has 0 bridgehead atoms. The van der Waals surface area contributed by atoms with Crippen molar-refractivity contribution in [3.63, 3.8) is 0 Å². The van der Waals surface area contributed by atoms with E-state index in [4.69, 9.17) is 10.5 Å². The van der Waals surface area contributed by atoms with Gasteiger partial charge in [0.2, 0.25) is 5.43 Å². The molecule has 11 heteroatoms. The number of aromatic nitrogens is 3. The molecule has 1 aliphatic heterocycles. The van der Waals surface area contributed by atoms with Crippen LogP contribution in [0.1, 0.15) is 29.7 Å². The van der Waals surface area contributed by atoms with Crippen molar-refractivity contribution in [3.8, 4) is 5.75 Å². The Morgan fingerprint density at radius 2 is 2.27 bits per heavy atom. The molecule has 2 aromatic heterocycles. The number of halogens is 2. The number of carbonyl (C=O) groups is 1. The molecule has 1 aromatic carbocycles. The number of primary amides is 1. The quantitative estimate of drug-likeness (QED) is 0.248. The van der Waals surface area contributed by atoms with Crippen molar-refractivity contribution in [3.05, 3.63) is 46.5 Å². The fourth-order valence-corrected chi connectivity index (χ4v) is 4.14. The molecule has 0 unspecified atom stereocenters. The average Bonchev–Trinajstić information content (AvgIpc) is 3.23. The molecule has 0 aliphatic carbocycles. The Bertz CT molecular complexity index is 1180. The summed E-state index contributed by atoms with van der Waals surface area (Å²) in [4.78, 5) is 28.8. The van der Waals surface area contributed by atoms with Crippen molar-refractivity contribution in [1.29, 1.82) is 0 Å². The van der Waals surface area contributed by atoms with Gasteiger partial charge in [-0.3, -0.25) is 9.59 Å². The molecule has 9 nitrogen and oxygen atoms in total. The van der Waals surface area contributed by atoms with Crippen LogP contribution in [0.4, 0.5) is 15.8 Å². The van der Waals surface area contributed by atoms with Crippen LogP contribution in [0.3, 0.4) is 0 Å². The minimum atomic E-state index is -0.854. The second kappa shape index (κ2) is 8.13. The van der Waals surface area contributed by atoms with Gasteiger partial charge in [-0.1, -0.05) is 0 Å². The van der Waals surface area contributed by atoms with E-state index in [0.29, 0.717) is 12.1 Å². The molecule has 4 N–H and O–H groups in total. The highest BCUT2D eigenvalue weighted by molar-refractivity contribution is 14.1. The summed E-state index contributed by atoms with van der Waals surface area (Å²) >= 11 is 1.77. The van der Waals surface area contributed by atoms with E-state index >= 15 is 4.39 Å². The van der Waals surface area contributed by atoms with E-state index in [1.807, 2.05) is 17.7 Å². The van der Waals surface area contributed by atoms with Crippen LogP contribution in [-0.2, 0) is 6.54 Å². The molecule has 1 amide bonds. The molecule has 30 heavy (non-hydrogen) atoms. The number of ether oxygens (including phenoxy) is 1. The number of amides is 1. The lowest BCUT2D eigenvalue weighted by molar-refractivity contribution is 0.0998. The smallest absolute Gasteiger partial charge is 0.254 e. The third-order valence-corrected chi connectivity index (χ3v) is 5.66. The summed E-state index contributed by atoms with van der Waals surface area (Å²) in [6.45, 7) is 3.36. The molecule has 0 radical (unpaired) electrons. The zero-order valence-corrected chi connectivity index (χ0v) is 18.3. The van der Waals surface area contributed by atoms with Crippen LogP contribution in [0.25, 0.3) is 10.9 Å². The number of rotatable bonds is 7. The highest BCUT2D eigenvalue weighted by Crippen LogP contribution is 2.44. The summed E-state index contributed by atoms with van der Waals surface area (Å²) < 4.78 is 27.7. The van der Waals surface area contributed by atoms with Gasteiger partial charge in [0.1, 0.15) is 17.9 Å². The van der Waals surface area contributed by atoms with Crippen LogP contribution in [0.5, 0.6) is 5.75 Å². The Kier molecular flexibility index (Phi) is 5.54. The number of nitrogens with zero attached hydrogens (tertiary/aromatic N) is 3. The largest absolute Gasteiger partial charge is 0.487 e. The van der Waals surface area contributed by atoms with E-state index in [1.165, 1.54) is 6.20 Å². The normalized spacial score (nSPS) is 15.1. The first kappa shape index (κ1) is 20.4. The van der Waals surface area contributed by atoms with Crippen molar-refractivity contribution >= 4 is 51.0 Å². The number of hydrogen-bond donors (Lipinski definition) is 3. The van der Waals surface area contributed by atoms with E-state index in [2.05, 4.69) is 13.8 Å². The van der Waals surface area contributed by atoms with Gasteiger partial charge >= 0.3 is 0 Å². The summed E-state index contributed by atoms with van der Waals surface area (Å²) in [7, 11) is 0. The van der Waals surface area contributed by atoms with Gasteiger partial charge in [-0.2, -0.15) is 0 Å². The van der Waals surface area contributed by atoms with Crippen LogP contribution in [0, 0.1) is 5.82 Å². The van der Waals surface area contributed by atoms with E-state index in [-0.39, 0.29) is 40.7 Å². The first-order chi connectivity index (χ1) is 14.4. The lowest BCUT2D eigenvalue weighted by atomic mass is 10.0. The van der Waals surface area contributed by atoms with Crippen LogP contribution in [0.2, 0.25) is 0 Å². The highest BCUT2D eigenvalue weighted by Gasteiger charge is 2.30. The molecule has 0 saturated heterocycles. The SMILES string of the molecule is C[C@H]1COc2c(NCCCn3ccnc3)c(F)c(NI)c3c(=O)c(C(N)=O)cn1c23. The monoisotopic (exact) mass is 526 g/mol. The molecule has 158 valence electrons. The second-order valence-electron chi connectivity index (χ2n) is 7.10. The fraction of sp³-hybridized carbons (Fsp3) is 0.316. The predicted octanol–water partition coefficient (Wildman–Crippen LogP) is 2.65. The molecule has 0 saturated carbocycles. The van der Waals surface area contributed by atoms with Gasteiger partial charge in [-0.25, -0.2) is 9.37 Å². The number of anilines is 2. The number of hydrogen-bond acceptors (Lipinski definition) is 6. The molecule has 3 aromatic rings. The molecule has 0 fully saturated rings. The van der Waals surface area contributed by atoms with Crippen molar-refractivity contribution in [1.82, 2.24) is 14.1 Å². The first-order valence-electron chi connectivity index (χ1n) is 9.37. The molecule has 1 atom stereocenters. The maximum atomic E-state index is 15.4. The van der Waals surface area contributed by atoms with E-state index in [1.54, 1.807) is 40.0 Å². The van der Waals surface area contributed by atoms with E-state index in [9.17, 15) is 9.59 Å². The third kappa shape index (κ3) is 3.36. The van der Waals surface area contributed by atoms with Crippen molar-refractivity contribution in [2.24, 2.45) is 5.73 Å². The molecular formula is C19H20FIN6O3. The van der Waals surface area contributed by atoms with Gasteiger partial charge in [0.15, 0.2) is 11.6 Å². The van der Waals surface area contributed by atoms with Gasteiger partial charge in [0, 0.05) is 31.7 Å². The zero-order chi connectivity index (χ0) is 21.4. The zero-order valence-electron chi connectivity index (χ0n) is 16.1. The van der Waals surface area contributed by atoms with Crippen molar-refractivity contribution in [2.75, 3.05) is 22.0 Å². The lowest BCUT2D eigenvalue weighted by Crippen LogP contribution is -2.29. The van der Waals surface area contributed by atoms with Gasteiger partial charge < -0.3 is 28.5 Å². The topological polar surface area (TPSA) is 116 Å². The summed E-state index contributed by atoms with van der Waals surface area (Å²) in [6.07, 6.45) is 7.44. The highest BCUT2D eigenvalue weighted by atomic mass is 127. The van der Waals surface area contributed by atoms with Gasteiger partial charge in [0.25, 0.3) is 5.91 Å². The number of imidazole rings is 1. The van der Waals surface area contributed by atoms with Crippen LogP contribution in [-0.4, -0.2) is 33.2 Å². The minimum absolute atomic E-state index is 0.00832. The fourth-order valence-electron chi connectivity index (χ4n) is 3.64. The number of nitrogens with one attached hydrogen (secondary N) is 2. The molecule has 0 spiro atoms. The van der Waals surface area contributed by atoms with Crippen LogP contribution in [0.15, 0.2) is 29.7 Å². The van der Waals surface area contributed by atoms with Gasteiger partial charge in [-0.15, -0.1) is 0 Å². The summed E-state index contributed by atoms with van der Waals surface area (Å²) in [5.41, 5.74) is 5.18. The summed E-state index contributed by atoms with van der Waals surface area (Å²) in [5.74, 6) is -1.24. The van der Waals surface area contributed by atoms with Crippen molar-refractivity contribution < 1.29 is 13.9 Å². The number of pyridine rings is 1. The Balaban J connectivity index is 1.82. The van der Waals surface area contributed by atoms with Crippen molar-refractivity contribution in [2.45, 2.75) is 25.9 Å². The Labute approximate surface area is 184 Å². The van der Waals surface area contributed by atoms with Crippen LogP contribution < -0.4 is 24.7 Å². The Hall–Kier alpha value is -2.83. The summed E-state index contributed by atoms with van der Waals surface area (Å²) in [5, 5.41) is 3.16. The minimum Gasteiger partial charge on any atom is -0.487 e. The van der Waals surface area contributed by atoms with Crippen LogP contribution >= 0.6 is 22.9 Å². The molecule has 3 heterocycles. The molecular weight excluding hydrogens is 506 g/mol. The standard InChI is InChI=1S/C19H20FIN6O3/c1-10-8-30-18-15(24-3-2-5-26-6-4-23-9-26)13(20)14(25-21)12-16(18)27(10)7-11(17(12)28)19(22)29/h4,6-7,9-10,24-25H,2-3,5,8H2,1H3,(H2,22,29)/t10-/m0/s1. The second-order valence-corrected chi connectivity index (χ2v) is 7.63. The molecule has 1 aliphatic rings. The number of nitrogens with two attached hydrogens (primary N) is 1. The number of benzene rings is 1. The average molecular weight is 526 g/mol. The maximum Gasteiger partial charge on any atom is 0.254 e. The number of aryl methyl sites for hydroxylation is 1. The predicted molar refractivity (Wildman–Crippen MR) is 120 cm³/mol. The third-order valence-electron chi connectivity index (χ3n) is 5.12. The maximum absolute atomic E-state index is 15.4. The Morgan fingerprint density at radius 1 is 1.47 bits per heavy atom.